The molecule has 23 heavy (non-hydrogen) atoms. The largest absolute Gasteiger partial charge is 0.419 e. The zero-order valence-corrected chi connectivity index (χ0v) is 13.8. The Labute approximate surface area is 138 Å². The monoisotopic (exact) mass is 376 g/mol. The van der Waals surface area contributed by atoms with E-state index in [1.54, 1.807) is 0 Å². The predicted molar refractivity (Wildman–Crippen MR) is 79.4 cm³/mol. The number of piperidine rings is 1. The van der Waals surface area contributed by atoms with Gasteiger partial charge in [-0.25, -0.2) is 17.5 Å². The van der Waals surface area contributed by atoms with Crippen molar-refractivity contribution in [1.29, 1.82) is 0 Å². The molecule has 2 rings (SSSR count). The predicted octanol–water partition coefficient (Wildman–Crippen LogP) is 2.54. The Bertz CT molecular complexity index is 652. The highest BCUT2D eigenvalue weighted by molar-refractivity contribution is 7.89. The van der Waals surface area contributed by atoms with Crippen LogP contribution in [-0.4, -0.2) is 27.5 Å². The summed E-state index contributed by atoms with van der Waals surface area (Å²) in [5.74, 6) is -1.45. The van der Waals surface area contributed by atoms with Crippen LogP contribution < -0.4 is 10.0 Å². The third-order valence-electron chi connectivity index (χ3n) is 3.69. The minimum absolute atomic E-state index is 0. The molecule has 2 N–H and O–H groups in total. The van der Waals surface area contributed by atoms with Gasteiger partial charge in [-0.05, 0) is 37.1 Å². The molecule has 0 spiro atoms. The third-order valence-corrected chi connectivity index (χ3v) is 5.18. The molecule has 0 aromatic heterocycles. The lowest BCUT2D eigenvalue weighted by molar-refractivity contribution is -0.140. The van der Waals surface area contributed by atoms with Crippen molar-refractivity contribution in [1.82, 2.24) is 10.0 Å². The van der Waals surface area contributed by atoms with E-state index >= 15 is 0 Å². The topological polar surface area (TPSA) is 58.2 Å². The standard InChI is InChI=1S/C13H16F4N2O2S.ClH/c1-8-4-5-18-7-12(8)19-22(20,21)9-2-3-11(14)10(6-9)13(15,16)17;/h2-3,6,8,12,18-19H,4-5,7H2,1H3;1H. The van der Waals surface area contributed by atoms with Crippen LogP contribution in [0.25, 0.3) is 0 Å². The molecule has 0 radical (unpaired) electrons. The van der Waals surface area contributed by atoms with E-state index in [0.29, 0.717) is 18.7 Å². The van der Waals surface area contributed by atoms with Gasteiger partial charge in [0.25, 0.3) is 0 Å². The van der Waals surface area contributed by atoms with Crippen molar-refractivity contribution in [3.63, 3.8) is 0 Å². The molecule has 132 valence electrons. The molecule has 1 aliphatic heterocycles. The zero-order valence-electron chi connectivity index (χ0n) is 12.2. The van der Waals surface area contributed by atoms with E-state index in [2.05, 4.69) is 10.0 Å². The average molecular weight is 377 g/mol. The summed E-state index contributed by atoms with van der Waals surface area (Å²) in [6.07, 6.45) is -4.19. The molecule has 2 atom stereocenters. The van der Waals surface area contributed by atoms with Gasteiger partial charge in [0.15, 0.2) is 0 Å². The van der Waals surface area contributed by atoms with Crippen LogP contribution in [0.5, 0.6) is 0 Å². The van der Waals surface area contributed by atoms with E-state index in [1.807, 2.05) is 6.92 Å². The summed E-state index contributed by atoms with van der Waals surface area (Å²) in [6, 6.07) is 1.24. The lowest BCUT2D eigenvalue weighted by atomic mass is 9.96. The second-order valence-electron chi connectivity index (χ2n) is 5.34. The van der Waals surface area contributed by atoms with Crippen LogP contribution >= 0.6 is 12.4 Å². The first-order valence-electron chi connectivity index (χ1n) is 6.71. The summed E-state index contributed by atoms with van der Waals surface area (Å²) in [7, 11) is -4.15. The fourth-order valence-corrected chi connectivity index (χ4v) is 3.67. The second kappa shape index (κ2) is 7.33. The highest BCUT2D eigenvalue weighted by Gasteiger charge is 2.36. The average Bonchev–Trinajstić information content (AvgIpc) is 2.40. The van der Waals surface area contributed by atoms with Gasteiger partial charge in [-0.1, -0.05) is 6.92 Å². The second-order valence-corrected chi connectivity index (χ2v) is 7.05. The van der Waals surface area contributed by atoms with Crippen molar-refractivity contribution >= 4 is 22.4 Å². The van der Waals surface area contributed by atoms with E-state index in [4.69, 9.17) is 0 Å². The number of hydrogen-bond acceptors (Lipinski definition) is 3. The van der Waals surface area contributed by atoms with E-state index in [1.165, 1.54) is 0 Å². The van der Waals surface area contributed by atoms with Crippen molar-refractivity contribution in [2.45, 2.75) is 30.5 Å². The van der Waals surface area contributed by atoms with Gasteiger partial charge in [0.1, 0.15) is 5.82 Å². The number of halogens is 5. The number of rotatable bonds is 3. The molecule has 1 aliphatic rings. The minimum Gasteiger partial charge on any atom is -0.315 e. The SMILES string of the molecule is CC1CCNCC1NS(=O)(=O)c1ccc(F)c(C(F)(F)F)c1.Cl. The van der Waals surface area contributed by atoms with Crippen LogP contribution in [0.15, 0.2) is 23.1 Å². The highest BCUT2D eigenvalue weighted by atomic mass is 35.5. The molecule has 0 aliphatic carbocycles. The smallest absolute Gasteiger partial charge is 0.315 e. The first-order chi connectivity index (χ1) is 10.1. The van der Waals surface area contributed by atoms with Crippen LogP contribution in [0.1, 0.15) is 18.9 Å². The van der Waals surface area contributed by atoms with Gasteiger partial charge in [-0.3, -0.25) is 0 Å². The molecule has 1 aromatic rings. The van der Waals surface area contributed by atoms with Gasteiger partial charge >= 0.3 is 6.18 Å². The van der Waals surface area contributed by atoms with Crippen molar-refractivity contribution in [2.75, 3.05) is 13.1 Å². The Morgan fingerprint density at radius 3 is 2.52 bits per heavy atom. The fourth-order valence-electron chi connectivity index (χ4n) is 2.30. The Morgan fingerprint density at radius 2 is 1.96 bits per heavy atom. The molecule has 1 heterocycles. The molecule has 1 fully saturated rings. The maximum atomic E-state index is 13.2. The molecule has 10 heteroatoms. The quantitative estimate of drug-likeness (QED) is 0.797. The highest BCUT2D eigenvalue weighted by Crippen LogP contribution is 2.32. The van der Waals surface area contributed by atoms with E-state index in [-0.39, 0.29) is 18.3 Å². The molecular weight excluding hydrogens is 360 g/mol. The summed E-state index contributed by atoms with van der Waals surface area (Å²) in [5.41, 5.74) is -1.59. The summed E-state index contributed by atoms with van der Waals surface area (Å²) in [6.45, 7) is 3.02. The maximum Gasteiger partial charge on any atom is 0.419 e. The minimum atomic E-state index is -4.95. The van der Waals surface area contributed by atoms with E-state index in [0.717, 1.165) is 19.0 Å². The van der Waals surface area contributed by atoms with Crippen molar-refractivity contribution in [3.05, 3.63) is 29.6 Å². The van der Waals surface area contributed by atoms with E-state index in [9.17, 15) is 26.0 Å². The Morgan fingerprint density at radius 1 is 1.30 bits per heavy atom. The summed E-state index contributed by atoms with van der Waals surface area (Å²) >= 11 is 0. The molecule has 0 saturated carbocycles. The molecule has 1 aromatic carbocycles. The van der Waals surface area contributed by atoms with Crippen LogP contribution in [-0.2, 0) is 16.2 Å². The van der Waals surface area contributed by atoms with Gasteiger partial charge in [0.2, 0.25) is 10.0 Å². The lowest BCUT2D eigenvalue weighted by Gasteiger charge is -2.30. The van der Waals surface area contributed by atoms with Crippen molar-refractivity contribution in [3.8, 4) is 0 Å². The van der Waals surface area contributed by atoms with Crippen LogP contribution in [0.4, 0.5) is 17.6 Å². The summed E-state index contributed by atoms with van der Waals surface area (Å²) in [5, 5.41) is 3.02. The van der Waals surface area contributed by atoms with Gasteiger partial charge in [-0.15, -0.1) is 12.4 Å². The molecular formula is C13H17ClF4N2O2S. The number of sulfonamides is 1. The summed E-state index contributed by atoms with van der Waals surface area (Å²) < 4.78 is 78.0. The number of alkyl halides is 3. The number of nitrogens with one attached hydrogen (secondary N) is 2. The first-order valence-corrected chi connectivity index (χ1v) is 8.19. The maximum absolute atomic E-state index is 13.2. The molecule has 1 saturated heterocycles. The normalized spacial score (nSPS) is 22.5. The Kier molecular flexibility index (Phi) is 6.42. The fraction of sp³-hybridized carbons (Fsp3) is 0.538. The lowest BCUT2D eigenvalue weighted by Crippen LogP contribution is -2.50. The van der Waals surface area contributed by atoms with E-state index < -0.39 is 38.5 Å². The first kappa shape index (κ1) is 20.1. The van der Waals surface area contributed by atoms with Gasteiger partial charge in [-0.2, -0.15) is 13.2 Å². The van der Waals surface area contributed by atoms with Gasteiger partial charge < -0.3 is 5.32 Å². The van der Waals surface area contributed by atoms with Gasteiger partial charge in [0.05, 0.1) is 10.5 Å². The molecule has 0 amide bonds. The van der Waals surface area contributed by atoms with Gasteiger partial charge in [0, 0.05) is 12.6 Å². The van der Waals surface area contributed by atoms with Crippen molar-refractivity contribution < 1.29 is 26.0 Å². The molecule has 2 unspecified atom stereocenters. The molecule has 4 nitrogen and oxygen atoms in total. The number of benzene rings is 1. The Balaban J connectivity index is 0.00000264. The number of hydrogen-bond donors (Lipinski definition) is 2. The Hall–Kier alpha value is -0.900. The van der Waals surface area contributed by atoms with Crippen LogP contribution in [0, 0.1) is 11.7 Å². The van der Waals surface area contributed by atoms with Crippen LogP contribution in [0.2, 0.25) is 0 Å². The molecule has 0 bridgehead atoms. The summed E-state index contributed by atoms with van der Waals surface area (Å²) in [4.78, 5) is -0.598. The van der Waals surface area contributed by atoms with Crippen LogP contribution in [0.3, 0.4) is 0 Å². The van der Waals surface area contributed by atoms with Crippen molar-refractivity contribution in [2.24, 2.45) is 5.92 Å². The zero-order chi connectivity index (χ0) is 16.5. The third kappa shape index (κ3) is 4.79.